The second kappa shape index (κ2) is 6.83. The number of H-pyrrole nitrogens is 1. The van der Waals surface area contributed by atoms with Crippen molar-refractivity contribution in [3.63, 3.8) is 0 Å². The van der Waals surface area contributed by atoms with E-state index in [2.05, 4.69) is 25.7 Å². The lowest BCUT2D eigenvalue weighted by molar-refractivity contribution is 0.585. The highest BCUT2D eigenvalue weighted by molar-refractivity contribution is 5.82. The van der Waals surface area contributed by atoms with E-state index < -0.39 is 11.6 Å². The van der Waals surface area contributed by atoms with Crippen molar-refractivity contribution in [2.75, 3.05) is 5.32 Å². The summed E-state index contributed by atoms with van der Waals surface area (Å²) in [5.74, 6) is -0.151. The molecular formula is C21H14F2N6. The molecule has 0 fully saturated rings. The number of nitrogens with zero attached hydrogens (tertiary/aromatic N) is 4. The largest absolute Gasteiger partial charge is 0.339 e. The number of aromatic nitrogens is 5. The molecule has 3 aromatic heterocycles. The summed E-state index contributed by atoms with van der Waals surface area (Å²) in [5.41, 5.74) is 2.64. The molecule has 0 aliphatic heterocycles. The second-order valence-corrected chi connectivity index (χ2v) is 6.40. The first-order valence-electron chi connectivity index (χ1n) is 8.86. The van der Waals surface area contributed by atoms with Gasteiger partial charge in [-0.25, -0.2) is 8.78 Å². The molecule has 0 aliphatic rings. The lowest BCUT2D eigenvalue weighted by Crippen LogP contribution is -2.03. The Balaban J connectivity index is 1.83. The van der Waals surface area contributed by atoms with Crippen LogP contribution in [-0.2, 0) is 0 Å². The van der Waals surface area contributed by atoms with Gasteiger partial charge in [0.25, 0.3) is 0 Å². The van der Waals surface area contributed by atoms with Crippen LogP contribution in [0, 0.1) is 11.6 Å². The standard InChI is InChI=1S/C21H14F2N6/c22-14-6-7-15(16(23)12-14)20-17(25-18-10-11-24-26-18)8-9-19-27-28-21(29(19)20)13-4-2-1-3-5-13/h1-12H,(H2,24,25,26). The Kier molecular flexibility index (Phi) is 4.02. The van der Waals surface area contributed by atoms with Crippen LogP contribution in [0.1, 0.15) is 0 Å². The van der Waals surface area contributed by atoms with Crippen LogP contribution >= 0.6 is 0 Å². The zero-order chi connectivity index (χ0) is 19.8. The number of benzene rings is 2. The van der Waals surface area contributed by atoms with E-state index in [1.54, 1.807) is 28.8 Å². The van der Waals surface area contributed by atoms with E-state index in [9.17, 15) is 8.78 Å². The van der Waals surface area contributed by atoms with Crippen molar-refractivity contribution >= 4 is 17.2 Å². The molecule has 0 amide bonds. The van der Waals surface area contributed by atoms with Crippen LogP contribution < -0.4 is 5.32 Å². The highest BCUT2D eigenvalue weighted by Crippen LogP contribution is 2.35. The normalized spacial score (nSPS) is 11.1. The van der Waals surface area contributed by atoms with Crippen molar-refractivity contribution in [2.45, 2.75) is 0 Å². The van der Waals surface area contributed by atoms with Crippen LogP contribution in [0.2, 0.25) is 0 Å². The van der Waals surface area contributed by atoms with Crippen LogP contribution in [0.25, 0.3) is 28.3 Å². The fourth-order valence-corrected chi connectivity index (χ4v) is 3.27. The predicted molar refractivity (Wildman–Crippen MR) is 106 cm³/mol. The Morgan fingerprint density at radius 1 is 0.897 bits per heavy atom. The molecule has 8 heteroatoms. The Morgan fingerprint density at radius 2 is 1.76 bits per heavy atom. The van der Waals surface area contributed by atoms with Crippen molar-refractivity contribution in [2.24, 2.45) is 0 Å². The van der Waals surface area contributed by atoms with E-state index in [-0.39, 0.29) is 5.56 Å². The molecule has 0 bridgehead atoms. The van der Waals surface area contributed by atoms with Crippen LogP contribution in [0.3, 0.4) is 0 Å². The van der Waals surface area contributed by atoms with E-state index in [4.69, 9.17) is 0 Å². The predicted octanol–water partition coefficient (Wildman–Crippen LogP) is 4.81. The summed E-state index contributed by atoms with van der Waals surface area (Å²) in [6.07, 6.45) is 1.60. The van der Waals surface area contributed by atoms with Gasteiger partial charge in [0.2, 0.25) is 0 Å². The summed E-state index contributed by atoms with van der Waals surface area (Å²) in [5, 5.41) is 18.5. The molecule has 29 heavy (non-hydrogen) atoms. The molecule has 0 aliphatic carbocycles. The Bertz CT molecular complexity index is 1300. The highest BCUT2D eigenvalue weighted by atomic mass is 19.1. The first-order chi connectivity index (χ1) is 14.2. The van der Waals surface area contributed by atoms with E-state index in [0.717, 1.165) is 11.6 Å². The number of aromatic amines is 1. The lowest BCUT2D eigenvalue weighted by atomic mass is 10.1. The molecule has 5 aromatic rings. The van der Waals surface area contributed by atoms with Gasteiger partial charge in [0.15, 0.2) is 11.5 Å². The van der Waals surface area contributed by atoms with Crippen molar-refractivity contribution in [1.29, 1.82) is 0 Å². The van der Waals surface area contributed by atoms with Crippen molar-refractivity contribution in [3.8, 4) is 22.6 Å². The second-order valence-electron chi connectivity index (χ2n) is 6.40. The molecule has 0 unspecified atom stereocenters. The van der Waals surface area contributed by atoms with E-state index in [1.807, 2.05) is 30.3 Å². The Hall–Kier alpha value is -4.07. The average Bonchev–Trinajstić information content (AvgIpc) is 3.39. The Morgan fingerprint density at radius 3 is 2.52 bits per heavy atom. The molecule has 6 nitrogen and oxygen atoms in total. The van der Waals surface area contributed by atoms with Crippen LogP contribution in [-0.4, -0.2) is 24.8 Å². The quantitative estimate of drug-likeness (QED) is 0.464. The Labute approximate surface area is 163 Å². The molecule has 0 saturated heterocycles. The maximum Gasteiger partial charge on any atom is 0.168 e. The van der Waals surface area contributed by atoms with Gasteiger partial charge < -0.3 is 5.32 Å². The minimum absolute atomic E-state index is 0.219. The van der Waals surface area contributed by atoms with Gasteiger partial charge in [-0.15, -0.1) is 10.2 Å². The molecule has 0 atom stereocenters. The maximum absolute atomic E-state index is 14.8. The molecule has 0 saturated carbocycles. The number of fused-ring (bicyclic) bond motifs is 1. The zero-order valence-corrected chi connectivity index (χ0v) is 15.0. The summed E-state index contributed by atoms with van der Waals surface area (Å²) in [6.45, 7) is 0. The zero-order valence-electron chi connectivity index (χ0n) is 15.0. The van der Waals surface area contributed by atoms with Gasteiger partial charge in [-0.05, 0) is 24.3 Å². The van der Waals surface area contributed by atoms with Crippen molar-refractivity contribution < 1.29 is 8.78 Å². The first-order valence-corrected chi connectivity index (χ1v) is 8.86. The van der Waals surface area contributed by atoms with Gasteiger partial charge >= 0.3 is 0 Å². The summed E-state index contributed by atoms with van der Waals surface area (Å²) in [6, 6.07) is 18.3. The summed E-state index contributed by atoms with van der Waals surface area (Å²) >= 11 is 0. The summed E-state index contributed by atoms with van der Waals surface area (Å²) < 4.78 is 30.1. The minimum Gasteiger partial charge on any atom is -0.339 e. The molecule has 2 N–H and O–H groups in total. The molecule has 142 valence electrons. The average molecular weight is 388 g/mol. The smallest absolute Gasteiger partial charge is 0.168 e. The topological polar surface area (TPSA) is 70.9 Å². The summed E-state index contributed by atoms with van der Waals surface area (Å²) in [4.78, 5) is 0. The number of anilines is 2. The third kappa shape index (κ3) is 3.00. The lowest BCUT2D eigenvalue weighted by Gasteiger charge is -2.15. The molecule has 2 aromatic carbocycles. The van der Waals surface area contributed by atoms with E-state index in [1.165, 1.54) is 12.1 Å². The van der Waals surface area contributed by atoms with Gasteiger partial charge in [0.05, 0.1) is 17.6 Å². The number of halogens is 2. The number of hydrogen-bond donors (Lipinski definition) is 2. The van der Waals surface area contributed by atoms with Crippen LogP contribution in [0.15, 0.2) is 72.9 Å². The maximum atomic E-state index is 14.8. The van der Waals surface area contributed by atoms with Gasteiger partial charge in [-0.1, -0.05) is 30.3 Å². The fourth-order valence-electron chi connectivity index (χ4n) is 3.27. The molecule has 5 rings (SSSR count). The van der Waals surface area contributed by atoms with Crippen LogP contribution in [0.4, 0.5) is 20.3 Å². The van der Waals surface area contributed by atoms with Gasteiger partial charge in [-0.3, -0.25) is 9.50 Å². The van der Waals surface area contributed by atoms with Crippen molar-refractivity contribution in [3.05, 3.63) is 84.6 Å². The number of pyridine rings is 1. The first kappa shape index (κ1) is 17.1. The summed E-state index contributed by atoms with van der Waals surface area (Å²) in [7, 11) is 0. The fraction of sp³-hybridized carbons (Fsp3) is 0. The van der Waals surface area contributed by atoms with Gasteiger partial charge in [-0.2, -0.15) is 5.10 Å². The SMILES string of the molecule is Fc1ccc(-c2c(Nc3ccn[nH]3)ccc3nnc(-c4ccccc4)n23)c(F)c1. The van der Waals surface area contributed by atoms with Crippen molar-refractivity contribution in [1.82, 2.24) is 24.8 Å². The third-order valence-electron chi connectivity index (χ3n) is 4.55. The highest BCUT2D eigenvalue weighted by Gasteiger charge is 2.20. The van der Waals surface area contributed by atoms with Gasteiger partial charge in [0.1, 0.15) is 17.5 Å². The van der Waals surface area contributed by atoms with Gasteiger partial charge in [0, 0.05) is 23.3 Å². The molecule has 0 radical (unpaired) electrons. The monoisotopic (exact) mass is 388 g/mol. The molecule has 0 spiro atoms. The number of rotatable bonds is 4. The third-order valence-corrected chi connectivity index (χ3v) is 4.55. The number of nitrogens with one attached hydrogen (secondary N) is 2. The number of hydrogen-bond acceptors (Lipinski definition) is 4. The molecular weight excluding hydrogens is 374 g/mol. The van der Waals surface area contributed by atoms with E-state index in [0.29, 0.717) is 28.7 Å². The van der Waals surface area contributed by atoms with E-state index >= 15 is 0 Å². The minimum atomic E-state index is -0.683. The van der Waals surface area contributed by atoms with Crippen LogP contribution in [0.5, 0.6) is 0 Å². The molecule has 3 heterocycles.